The quantitative estimate of drug-likeness (QED) is 0.569. The van der Waals surface area contributed by atoms with E-state index in [4.69, 9.17) is 9.47 Å². The maximum Gasteiger partial charge on any atom is 0.320 e. The monoisotopic (exact) mass is 398 g/mol. The number of ether oxygens (including phenoxy) is 2. The second-order valence-electron chi connectivity index (χ2n) is 9.82. The highest BCUT2D eigenvalue weighted by Gasteiger charge is 2.65. The van der Waals surface area contributed by atoms with Crippen LogP contribution in [0.2, 0.25) is 0 Å². The molecule has 2 saturated carbocycles. The zero-order valence-electron chi connectivity index (χ0n) is 17.3. The van der Waals surface area contributed by atoms with Gasteiger partial charge in [0.25, 0.3) is 0 Å². The highest BCUT2D eigenvalue weighted by Crippen LogP contribution is 2.67. The molecule has 4 aliphatic rings. The van der Waals surface area contributed by atoms with Gasteiger partial charge in [0.15, 0.2) is 5.92 Å². The fourth-order valence-electron chi connectivity index (χ4n) is 7.41. The summed E-state index contributed by atoms with van der Waals surface area (Å²) < 4.78 is 10.9. The van der Waals surface area contributed by atoms with Crippen LogP contribution in [0.1, 0.15) is 68.9 Å². The molecule has 1 aromatic carbocycles. The summed E-state index contributed by atoms with van der Waals surface area (Å²) in [5, 5.41) is 9.86. The molecule has 0 aromatic heterocycles. The average Bonchev–Trinajstić information content (AvgIpc) is 2.99. The van der Waals surface area contributed by atoms with Crippen LogP contribution < -0.4 is 0 Å². The third-order valence-electron chi connectivity index (χ3n) is 8.90. The molecule has 1 saturated heterocycles. The van der Waals surface area contributed by atoms with Crippen LogP contribution in [0.25, 0.3) is 0 Å². The first-order valence-electron chi connectivity index (χ1n) is 11.0. The molecule has 5 nitrogen and oxygen atoms in total. The molecule has 3 aliphatic carbocycles. The van der Waals surface area contributed by atoms with Crippen LogP contribution in [0.4, 0.5) is 0 Å². The van der Waals surface area contributed by atoms with Crippen LogP contribution in [-0.4, -0.2) is 29.8 Å². The van der Waals surface area contributed by atoms with Crippen LogP contribution in [0.3, 0.4) is 0 Å². The Morgan fingerprint density at radius 1 is 1.17 bits per heavy atom. The molecular formula is C24H30O5. The molecular weight excluding hydrogens is 368 g/mol. The topological polar surface area (TPSA) is 72.8 Å². The second kappa shape index (κ2) is 6.48. The van der Waals surface area contributed by atoms with Crippen molar-refractivity contribution in [2.75, 3.05) is 7.11 Å². The van der Waals surface area contributed by atoms with Crippen molar-refractivity contribution in [1.82, 2.24) is 0 Å². The third-order valence-corrected chi connectivity index (χ3v) is 8.90. The van der Waals surface area contributed by atoms with Gasteiger partial charge in [-0.1, -0.05) is 13.0 Å². The van der Waals surface area contributed by atoms with E-state index in [2.05, 4.69) is 13.0 Å². The molecule has 3 fully saturated rings. The van der Waals surface area contributed by atoms with E-state index in [0.717, 1.165) is 44.9 Å². The number of benzene rings is 1. The van der Waals surface area contributed by atoms with Gasteiger partial charge < -0.3 is 14.6 Å². The van der Waals surface area contributed by atoms with Gasteiger partial charge in [-0.3, -0.25) is 9.59 Å². The lowest BCUT2D eigenvalue weighted by Crippen LogP contribution is -2.56. The van der Waals surface area contributed by atoms with Gasteiger partial charge in [0.1, 0.15) is 11.4 Å². The van der Waals surface area contributed by atoms with Crippen molar-refractivity contribution in [3.05, 3.63) is 29.3 Å². The summed E-state index contributed by atoms with van der Waals surface area (Å²) in [6, 6.07) is 5.88. The SMILES string of the molecule is COC(=O)C1CC[C@@]2(CC[C@H]3[C@@H]4CCc5cc(O)ccc5[C@H]4CC[C@@]32C)OC1=O. The van der Waals surface area contributed by atoms with Crippen molar-refractivity contribution in [1.29, 1.82) is 0 Å². The molecule has 1 spiro atoms. The summed E-state index contributed by atoms with van der Waals surface area (Å²) in [6.07, 6.45) is 7.55. The number of fused-ring (bicyclic) bond motifs is 6. The summed E-state index contributed by atoms with van der Waals surface area (Å²) in [5.74, 6) is 0.398. The van der Waals surface area contributed by atoms with E-state index in [0.29, 0.717) is 29.9 Å². The molecule has 0 bridgehead atoms. The number of esters is 2. The zero-order valence-corrected chi connectivity index (χ0v) is 17.3. The van der Waals surface area contributed by atoms with Crippen molar-refractivity contribution in [3.63, 3.8) is 0 Å². The Morgan fingerprint density at radius 3 is 2.72 bits per heavy atom. The predicted molar refractivity (Wildman–Crippen MR) is 106 cm³/mol. The first-order chi connectivity index (χ1) is 13.9. The fourth-order valence-corrected chi connectivity index (χ4v) is 7.41. The van der Waals surface area contributed by atoms with Crippen LogP contribution in [-0.2, 0) is 25.5 Å². The highest BCUT2D eigenvalue weighted by molar-refractivity contribution is 5.95. The molecule has 6 atom stereocenters. The van der Waals surface area contributed by atoms with Gasteiger partial charge in [0.05, 0.1) is 7.11 Å². The minimum atomic E-state index is -0.765. The van der Waals surface area contributed by atoms with Crippen LogP contribution in [0, 0.1) is 23.2 Å². The van der Waals surface area contributed by atoms with Crippen LogP contribution >= 0.6 is 0 Å². The summed E-state index contributed by atoms with van der Waals surface area (Å²) in [6.45, 7) is 2.33. The number of phenolic OH excluding ortho intramolecular Hbond substituents is 1. The number of hydrogen-bond donors (Lipinski definition) is 1. The predicted octanol–water partition coefficient (Wildman–Crippen LogP) is 4.11. The second-order valence-corrected chi connectivity index (χ2v) is 9.82. The number of methoxy groups -OCH3 is 1. The first kappa shape index (κ1) is 19.0. The largest absolute Gasteiger partial charge is 0.508 e. The molecule has 1 unspecified atom stereocenters. The molecule has 156 valence electrons. The standard InChI is InChI=1S/C24H30O5/c1-23-10-7-17-16-6-4-15(25)13-14(16)3-5-18(17)20(23)9-12-24(23)11-8-19(21(26)28-2)22(27)29-24/h4,6,13,17-20,25H,3,5,7-12H2,1-2H3/t17-,18-,19?,20+,23+,24+/m1/s1. The van der Waals surface area contributed by atoms with Crippen molar-refractivity contribution in [2.24, 2.45) is 23.2 Å². The number of aromatic hydroxyl groups is 1. The minimum Gasteiger partial charge on any atom is -0.508 e. The Labute approximate surface area is 171 Å². The van der Waals surface area contributed by atoms with Gasteiger partial charge >= 0.3 is 11.9 Å². The molecule has 1 aliphatic heterocycles. The Morgan fingerprint density at radius 2 is 1.97 bits per heavy atom. The normalized spacial score (nSPS) is 40.6. The molecule has 1 heterocycles. The molecule has 0 amide bonds. The van der Waals surface area contributed by atoms with E-state index in [1.807, 2.05) is 12.1 Å². The molecule has 29 heavy (non-hydrogen) atoms. The third kappa shape index (κ3) is 2.58. The summed E-state index contributed by atoms with van der Waals surface area (Å²) in [5.41, 5.74) is 2.25. The Balaban J connectivity index is 1.42. The van der Waals surface area contributed by atoms with Gasteiger partial charge in [-0.15, -0.1) is 0 Å². The Kier molecular flexibility index (Phi) is 4.24. The molecule has 1 aromatic rings. The van der Waals surface area contributed by atoms with Crippen molar-refractivity contribution >= 4 is 11.9 Å². The van der Waals surface area contributed by atoms with Crippen molar-refractivity contribution in [2.45, 2.75) is 69.8 Å². The van der Waals surface area contributed by atoms with E-state index >= 15 is 0 Å². The van der Waals surface area contributed by atoms with Gasteiger partial charge in [-0.05, 0) is 92.4 Å². The van der Waals surface area contributed by atoms with Crippen molar-refractivity contribution in [3.8, 4) is 5.75 Å². The molecule has 0 radical (unpaired) electrons. The number of aryl methyl sites for hydroxylation is 1. The number of carbonyl (C=O) groups is 2. The fraction of sp³-hybridized carbons (Fsp3) is 0.667. The van der Waals surface area contributed by atoms with Gasteiger partial charge in [0.2, 0.25) is 0 Å². The van der Waals surface area contributed by atoms with Gasteiger partial charge in [-0.2, -0.15) is 0 Å². The maximum atomic E-state index is 12.7. The summed E-state index contributed by atoms with van der Waals surface area (Å²) >= 11 is 0. The van der Waals surface area contributed by atoms with Gasteiger partial charge in [-0.25, -0.2) is 0 Å². The van der Waals surface area contributed by atoms with Crippen LogP contribution in [0.15, 0.2) is 18.2 Å². The van der Waals surface area contributed by atoms with Gasteiger partial charge in [0, 0.05) is 5.41 Å². The number of hydrogen-bond acceptors (Lipinski definition) is 5. The van der Waals surface area contributed by atoms with E-state index in [1.165, 1.54) is 18.2 Å². The Bertz CT molecular complexity index is 863. The van der Waals surface area contributed by atoms with E-state index in [-0.39, 0.29) is 5.41 Å². The maximum absolute atomic E-state index is 12.7. The van der Waals surface area contributed by atoms with E-state index in [9.17, 15) is 14.7 Å². The highest BCUT2D eigenvalue weighted by atomic mass is 16.6. The molecule has 5 rings (SSSR count). The first-order valence-corrected chi connectivity index (χ1v) is 11.0. The summed E-state index contributed by atoms with van der Waals surface area (Å²) in [7, 11) is 1.33. The lowest BCUT2D eigenvalue weighted by atomic mass is 9.52. The lowest BCUT2D eigenvalue weighted by Gasteiger charge is -2.55. The number of phenols is 1. The van der Waals surface area contributed by atoms with E-state index in [1.54, 1.807) is 0 Å². The van der Waals surface area contributed by atoms with E-state index < -0.39 is 23.5 Å². The smallest absolute Gasteiger partial charge is 0.320 e. The Hall–Kier alpha value is -2.04. The number of rotatable bonds is 1. The average molecular weight is 398 g/mol. The number of carbonyl (C=O) groups excluding carboxylic acids is 2. The lowest BCUT2D eigenvalue weighted by molar-refractivity contribution is -0.201. The minimum absolute atomic E-state index is 0.0284. The van der Waals surface area contributed by atoms with Crippen molar-refractivity contribution < 1.29 is 24.2 Å². The zero-order chi connectivity index (χ0) is 20.4. The summed E-state index contributed by atoms with van der Waals surface area (Å²) in [4.78, 5) is 24.6. The molecule has 1 N–H and O–H groups in total. The molecule has 5 heteroatoms. The van der Waals surface area contributed by atoms with Crippen LogP contribution in [0.5, 0.6) is 5.75 Å².